The van der Waals surface area contributed by atoms with E-state index in [9.17, 15) is 4.79 Å². The number of halogens is 1. The molecular weight excluding hydrogens is 436 g/mol. The highest BCUT2D eigenvalue weighted by molar-refractivity contribution is 6.35. The maximum atomic E-state index is 11.9. The lowest BCUT2D eigenvalue weighted by atomic mass is 9.60. The second-order valence-electron chi connectivity index (χ2n) is 9.21. The maximum absolute atomic E-state index is 11.9. The van der Waals surface area contributed by atoms with Crippen molar-refractivity contribution in [1.82, 2.24) is 29.9 Å². The highest BCUT2D eigenvalue weighted by Gasteiger charge is 2.54. The standard InChI is InChI=1S/C25H23ClN6O/c1-3-21(33)31-13-25(14-31)9-17(10-25)32-15(2)22(24(30-32)16-5-4-8-27-11-16)23-18-12-28-29-20(18)7-6-19(23)26/h3-8,11-12,17H,1,9-10,13-14H2,2H3,(H,28,29). The predicted octanol–water partition coefficient (Wildman–Crippen LogP) is 4.80. The summed E-state index contributed by atoms with van der Waals surface area (Å²) < 4.78 is 2.15. The van der Waals surface area contributed by atoms with Crippen molar-refractivity contribution in [3.63, 3.8) is 0 Å². The van der Waals surface area contributed by atoms with Gasteiger partial charge in [0.05, 0.1) is 17.8 Å². The molecule has 1 aliphatic heterocycles. The number of hydrogen-bond donors (Lipinski definition) is 1. The molecule has 1 amide bonds. The lowest BCUT2D eigenvalue weighted by Gasteiger charge is -2.58. The molecule has 7 nitrogen and oxygen atoms in total. The molecule has 0 atom stereocenters. The molecule has 1 spiro atoms. The van der Waals surface area contributed by atoms with E-state index in [2.05, 4.69) is 33.4 Å². The zero-order chi connectivity index (χ0) is 22.7. The largest absolute Gasteiger partial charge is 0.338 e. The minimum atomic E-state index is 0.0170. The van der Waals surface area contributed by atoms with Crippen molar-refractivity contribution in [3.8, 4) is 22.4 Å². The molecule has 3 aromatic heterocycles. The van der Waals surface area contributed by atoms with E-state index in [0.717, 1.165) is 64.9 Å². The van der Waals surface area contributed by atoms with Gasteiger partial charge in [-0.05, 0) is 50.1 Å². The lowest BCUT2D eigenvalue weighted by Crippen LogP contribution is -2.63. The Morgan fingerprint density at radius 1 is 1.24 bits per heavy atom. The summed E-state index contributed by atoms with van der Waals surface area (Å²) in [6, 6.07) is 8.08. The first-order valence-corrected chi connectivity index (χ1v) is 11.4. The summed E-state index contributed by atoms with van der Waals surface area (Å²) in [5, 5.41) is 14.0. The fraction of sp³-hybridized carbons (Fsp3) is 0.280. The molecule has 1 saturated heterocycles. The van der Waals surface area contributed by atoms with Gasteiger partial charge in [-0.2, -0.15) is 10.2 Å². The molecule has 4 aromatic rings. The summed E-state index contributed by atoms with van der Waals surface area (Å²) in [4.78, 5) is 18.1. The zero-order valence-electron chi connectivity index (χ0n) is 18.3. The van der Waals surface area contributed by atoms with Gasteiger partial charge in [0.25, 0.3) is 0 Å². The second-order valence-corrected chi connectivity index (χ2v) is 9.62. The molecule has 4 heterocycles. The first kappa shape index (κ1) is 20.2. The number of benzene rings is 1. The number of carbonyl (C=O) groups is 1. The van der Waals surface area contributed by atoms with Crippen molar-refractivity contribution in [3.05, 3.63) is 66.2 Å². The van der Waals surface area contributed by atoms with Crippen molar-refractivity contribution in [1.29, 1.82) is 0 Å². The van der Waals surface area contributed by atoms with E-state index in [1.165, 1.54) is 6.08 Å². The average Bonchev–Trinajstić information content (AvgIpc) is 3.37. The predicted molar refractivity (Wildman–Crippen MR) is 128 cm³/mol. The van der Waals surface area contributed by atoms with Crippen LogP contribution < -0.4 is 0 Å². The van der Waals surface area contributed by atoms with Crippen LogP contribution in [0, 0.1) is 12.3 Å². The molecule has 0 unspecified atom stereocenters. The molecule has 1 aromatic carbocycles. The van der Waals surface area contributed by atoms with Gasteiger partial charge in [0.15, 0.2) is 0 Å². The van der Waals surface area contributed by atoms with Gasteiger partial charge in [0.1, 0.15) is 5.69 Å². The fourth-order valence-corrected chi connectivity index (χ4v) is 5.80. The van der Waals surface area contributed by atoms with Crippen LogP contribution in [0.1, 0.15) is 24.6 Å². The number of nitrogens with zero attached hydrogens (tertiary/aromatic N) is 5. The third kappa shape index (κ3) is 3.03. The van der Waals surface area contributed by atoms with Crippen LogP contribution in [0.4, 0.5) is 0 Å². The highest BCUT2D eigenvalue weighted by Crippen LogP contribution is 2.55. The Bertz CT molecular complexity index is 1390. The number of pyridine rings is 1. The number of fused-ring (bicyclic) bond motifs is 1. The Morgan fingerprint density at radius 2 is 2.06 bits per heavy atom. The molecule has 1 N–H and O–H groups in total. The van der Waals surface area contributed by atoms with Crippen molar-refractivity contribution >= 4 is 28.4 Å². The Labute approximate surface area is 196 Å². The summed E-state index contributed by atoms with van der Waals surface area (Å²) in [5.74, 6) is 0.0170. The van der Waals surface area contributed by atoms with E-state index < -0.39 is 0 Å². The third-order valence-electron chi connectivity index (χ3n) is 7.13. The molecular formula is C25H23ClN6O. The number of aromatic nitrogens is 5. The Balaban J connectivity index is 1.42. The zero-order valence-corrected chi connectivity index (χ0v) is 19.0. The summed E-state index contributed by atoms with van der Waals surface area (Å²) >= 11 is 6.76. The van der Waals surface area contributed by atoms with Gasteiger partial charge in [-0.15, -0.1) is 0 Å². The summed E-state index contributed by atoms with van der Waals surface area (Å²) in [6.07, 6.45) is 8.83. The highest BCUT2D eigenvalue weighted by atomic mass is 35.5. The second kappa shape index (κ2) is 7.28. The molecule has 2 fully saturated rings. The fourth-order valence-electron chi connectivity index (χ4n) is 5.54. The van der Waals surface area contributed by atoms with E-state index in [0.29, 0.717) is 5.02 Å². The van der Waals surface area contributed by atoms with Crippen molar-refractivity contribution in [2.24, 2.45) is 5.41 Å². The van der Waals surface area contributed by atoms with E-state index in [4.69, 9.17) is 16.7 Å². The number of rotatable bonds is 4. The van der Waals surface area contributed by atoms with Crippen LogP contribution in [0.25, 0.3) is 33.3 Å². The number of carbonyl (C=O) groups excluding carboxylic acids is 1. The third-order valence-corrected chi connectivity index (χ3v) is 7.45. The smallest absolute Gasteiger partial charge is 0.245 e. The molecule has 166 valence electrons. The molecule has 0 radical (unpaired) electrons. The Hall–Kier alpha value is -3.45. The SMILES string of the molecule is C=CC(=O)N1CC2(CC(n3nc(-c4cccnc4)c(-c4c(Cl)ccc5[nH]ncc45)c3C)C2)C1. The Kier molecular flexibility index (Phi) is 4.45. The van der Waals surface area contributed by atoms with Crippen LogP contribution in [0.15, 0.2) is 55.5 Å². The van der Waals surface area contributed by atoms with Gasteiger partial charge >= 0.3 is 0 Å². The van der Waals surface area contributed by atoms with Gasteiger partial charge in [-0.3, -0.25) is 19.6 Å². The van der Waals surface area contributed by atoms with Gasteiger partial charge in [-0.25, -0.2) is 0 Å². The summed E-state index contributed by atoms with van der Waals surface area (Å²) in [5.41, 5.74) is 5.98. The minimum absolute atomic E-state index is 0.0170. The number of H-pyrrole nitrogens is 1. The topological polar surface area (TPSA) is 79.7 Å². The van der Waals surface area contributed by atoms with Crippen molar-refractivity contribution in [2.45, 2.75) is 25.8 Å². The molecule has 33 heavy (non-hydrogen) atoms. The van der Waals surface area contributed by atoms with E-state index in [1.807, 2.05) is 41.6 Å². The van der Waals surface area contributed by atoms with E-state index in [-0.39, 0.29) is 17.4 Å². The molecule has 0 bridgehead atoms. The Morgan fingerprint density at radius 3 is 2.79 bits per heavy atom. The number of nitrogens with one attached hydrogen (secondary N) is 1. The average molecular weight is 459 g/mol. The summed E-state index contributed by atoms with van der Waals surface area (Å²) in [6.45, 7) is 7.31. The van der Waals surface area contributed by atoms with E-state index in [1.54, 1.807) is 6.20 Å². The number of amides is 1. The first-order valence-electron chi connectivity index (χ1n) is 11.0. The number of likely N-dealkylation sites (tertiary alicyclic amines) is 1. The number of aromatic amines is 1. The maximum Gasteiger partial charge on any atom is 0.245 e. The van der Waals surface area contributed by atoms with Crippen molar-refractivity contribution < 1.29 is 4.79 Å². The molecule has 8 heteroatoms. The minimum Gasteiger partial charge on any atom is -0.338 e. The molecule has 1 aliphatic carbocycles. The summed E-state index contributed by atoms with van der Waals surface area (Å²) in [7, 11) is 0. The van der Waals surface area contributed by atoms with Crippen LogP contribution in [0.2, 0.25) is 5.02 Å². The van der Waals surface area contributed by atoms with Gasteiger partial charge in [0, 0.05) is 63.7 Å². The first-order chi connectivity index (χ1) is 16.0. The van der Waals surface area contributed by atoms with Crippen LogP contribution in [0.5, 0.6) is 0 Å². The van der Waals surface area contributed by atoms with Gasteiger partial charge < -0.3 is 4.90 Å². The molecule has 6 rings (SSSR count). The molecule has 2 aliphatic rings. The van der Waals surface area contributed by atoms with Crippen LogP contribution >= 0.6 is 11.6 Å². The van der Waals surface area contributed by atoms with E-state index >= 15 is 0 Å². The molecule has 1 saturated carbocycles. The van der Waals surface area contributed by atoms with Crippen LogP contribution in [-0.4, -0.2) is 48.9 Å². The number of hydrogen-bond acceptors (Lipinski definition) is 4. The van der Waals surface area contributed by atoms with Crippen LogP contribution in [0.3, 0.4) is 0 Å². The van der Waals surface area contributed by atoms with Gasteiger partial charge in [-0.1, -0.05) is 18.2 Å². The van der Waals surface area contributed by atoms with Crippen molar-refractivity contribution in [2.75, 3.05) is 13.1 Å². The lowest BCUT2D eigenvalue weighted by molar-refractivity contribution is -0.149. The monoisotopic (exact) mass is 458 g/mol. The normalized spacial score (nSPS) is 17.2. The van der Waals surface area contributed by atoms with Crippen LogP contribution in [-0.2, 0) is 4.79 Å². The quantitative estimate of drug-likeness (QED) is 0.445. The van der Waals surface area contributed by atoms with Gasteiger partial charge in [0.2, 0.25) is 5.91 Å².